The number of primary amides is 1. The number of likely N-dealkylation sites (tertiary alicyclic amines) is 1. The Morgan fingerprint density at radius 1 is 1.43 bits per heavy atom. The van der Waals surface area contributed by atoms with Gasteiger partial charge in [0.05, 0.1) is 6.54 Å². The van der Waals surface area contributed by atoms with Crippen LogP contribution in [-0.2, 0) is 9.59 Å². The van der Waals surface area contributed by atoms with Gasteiger partial charge >= 0.3 is 0 Å². The Morgan fingerprint density at radius 3 is 2.43 bits per heavy atom. The van der Waals surface area contributed by atoms with E-state index in [-0.39, 0.29) is 18.4 Å². The second kappa shape index (κ2) is 4.95. The van der Waals surface area contributed by atoms with E-state index in [4.69, 9.17) is 5.73 Å². The molecule has 1 aliphatic heterocycles. The fourth-order valence-electron chi connectivity index (χ4n) is 1.64. The van der Waals surface area contributed by atoms with Crippen molar-refractivity contribution in [1.82, 2.24) is 10.2 Å². The van der Waals surface area contributed by atoms with E-state index in [1.807, 2.05) is 4.90 Å². The van der Waals surface area contributed by atoms with Crippen LogP contribution in [0.1, 0.15) is 19.8 Å². The maximum absolute atomic E-state index is 11.0. The number of nitrogens with one attached hydrogen (secondary N) is 1. The topological polar surface area (TPSA) is 75.4 Å². The molecule has 5 nitrogen and oxygen atoms in total. The molecule has 0 radical (unpaired) electrons. The lowest BCUT2D eigenvalue weighted by Gasteiger charge is -2.31. The molecule has 0 unspecified atom stereocenters. The summed E-state index contributed by atoms with van der Waals surface area (Å²) in [5, 5.41) is 3.07. The van der Waals surface area contributed by atoms with Crippen LogP contribution in [0.5, 0.6) is 0 Å². The third-order valence-electron chi connectivity index (χ3n) is 2.51. The van der Waals surface area contributed by atoms with Crippen LogP contribution >= 0.6 is 0 Å². The van der Waals surface area contributed by atoms with Crippen molar-refractivity contribution in [1.29, 1.82) is 0 Å². The Bertz CT molecular complexity index is 222. The summed E-state index contributed by atoms with van der Waals surface area (Å²) >= 11 is 0. The molecule has 1 fully saturated rings. The van der Waals surface area contributed by atoms with Gasteiger partial charge in [0.25, 0.3) is 0 Å². The first-order chi connectivity index (χ1) is 6.59. The Balaban J connectivity index is 2.22. The highest BCUT2D eigenvalue weighted by Crippen LogP contribution is 2.09. The summed E-state index contributed by atoms with van der Waals surface area (Å²) in [6.07, 6.45) is 1.79. The van der Waals surface area contributed by atoms with Crippen molar-refractivity contribution in [3.05, 3.63) is 0 Å². The standard InChI is InChI=1S/C9H17N3O2/c1-7(13)12-4-2-8(3-5-12)11-6-9(10)14/h8,11H,2-6H2,1H3,(H2,10,14). The number of rotatable bonds is 3. The largest absolute Gasteiger partial charge is 0.369 e. The van der Waals surface area contributed by atoms with Gasteiger partial charge in [-0.15, -0.1) is 0 Å². The van der Waals surface area contributed by atoms with Crippen LogP contribution in [0, 0.1) is 0 Å². The van der Waals surface area contributed by atoms with Crippen LogP contribution in [0.25, 0.3) is 0 Å². The first kappa shape index (κ1) is 11.0. The third-order valence-corrected chi connectivity index (χ3v) is 2.51. The average Bonchev–Trinajstić information content (AvgIpc) is 2.15. The zero-order valence-electron chi connectivity index (χ0n) is 8.45. The molecule has 3 N–H and O–H groups in total. The molecule has 1 aliphatic rings. The monoisotopic (exact) mass is 199 g/mol. The van der Waals surface area contributed by atoms with Gasteiger partial charge in [-0.25, -0.2) is 0 Å². The van der Waals surface area contributed by atoms with Gasteiger partial charge in [0.15, 0.2) is 0 Å². The van der Waals surface area contributed by atoms with E-state index < -0.39 is 0 Å². The second-order valence-corrected chi connectivity index (χ2v) is 3.63. The number of carbonyl (C=O) groups excluding carboxylic acids is 2. The molecule has 2 amide bonds. The molecule has 80 valence electrons. The SMILES string of the molecule is CC(=O)N1CCC(NCC(N)=O)CC1. The van der Waals surface area contributed by atoms with Crippen molar-refractivity contribution in [2.24, 2.45) is 5.73 Å². The molecular weight excluding hydrogens is 182 g/mol. The Kier molecular flexibility index (Phi) is 3.88. The summed E-state index contributed by atoms with van der Waals surface area (Å²) in [6, 6.07) is 0.318. The quantitative estimate of drug-likeness (QED) is 0.616. The first-order valence-electron chi connectivity index (χ1n) is 4.87. The minimum absolute atomic E-state index is 0.123. The van der Waals surface area contributed by atoms with Gasteiger partial charge in [0, 0.05) is 26.1 Å². The fraction of sp³-hybridized carbons (Fsp3) is 0.778. The number of amides is 2. The molecule has 1 heterocycles. The van der Waals surface area contributed by atoms with Gasteiger partial charge in [-0.2, -0.15) is 0 Å². The predicted molar refractivity (Wildman–Crippen MR) is 52.5 cm³/mol. The normalized spacial score (nSPS) is 18.2. The van der Waals surface area contributed by atoms with E-state index in [1.165, 1.54) is 0 Å². The molecule has 14 heavy (non-hydrogen) atoms. The molecule has 1 saturated heterocycles. The van der Waals surface area contributed by atoms with Crippen molar-refractivity contribution in [2.45, 2.75) is 25.8 Å². The van der Waals surface area contributed by atoms with E-state index in [9.17, 15) is 9.59 Å². The molecule has 0 atom stereocenters. The van der Waals surface area contributed by atoms with Gasteiger partial charge in [-0.3, -0.25) is 9.59 Å². The Labute approximate surface area is 83.6 Å². The summed E-state index contributed by atoms with van der Waals surface area (Å²) in [4.78, 5) is 23.3. The number of nitrogens with zero attached hydrogens (tertiary/aromatic N) is 1. The maximum Gasteiger partial charge on any atom is 0.231 e. The summed E-state index contributed by atoms with van der Waals surface area (Å²) in [5.41, 5.74) is 5.02. The maximum atomic E-state index is 11.0. The molecule has 0 aromatic rings. The summed E-state index contributed by atoms with van der Waals surface area (Å²) in [6.45, 7) is 3.35. The molecule has 1 rings (SSSR count). The Hall–Kier alpha value is -1.10. The van der Waals surface area contributed by atoms with Crippen molar-refractivity contribution >= 4 is 11.8 Å². The van der Waals surface area contributed by atoms with Gasteiger partial charge in [-0.1, -0.05) is 0 Å². The Morgan fingerprint density at radius 2 is 2.00 bits per heavy atom. The third kappa shape index (κ3) is 3.33. The van der Waals surface area contributed by atoms with Gasteiger partial charge in [0.1, 0.15) is 0 Å². The molecule has 5 heteroatoms. The molecule has 0 aliphatic carbocycles. The van der Waals surface area contributed by atoms with Gasteiger partial charge in [-0.05, 0) is 12.8 Å². The smallest absolute Gasteiger partial charge is 0.231 e. The number of piperidine rings is 1. The summed E-state index contributed by atoms with van der Waals surface area (Å²) in [7, 11) is 0. The fourth-order valence-corrected chi connectivity index (χ4v) is 1.64. The lowest BCUT2D eigenvalue weighted by atomic mass is 10.1. The summed E-state index contributed by atoms with van der Waals surface area (Å²) < 4.78 is 0. The van der Waals surface area contributed by atoms with E-state index in [0.29, 0.717) is 6.04 Å². The van der Waals surface area contributed by atoms with Gasteiger partial charge in [0.2, 0.25) is 11.8 Å². The highest BCUT2D eigenvalue weighted by molar-refractivity contribution is 5.76. The molecule has 0 aromatic heterocycles. The van der Waals surface area contributed by atoms with E-state index in [2.05, 4.69) is 5.32 Å². The minimum Gasteiger partial charge on any atom is -0.369 e. The van der Waals surface area contributed by atoms with Crippen LogP contribution in [0.4, 0.5) is 0 Å². The van der Waals surface area contributed by atoms with Crippen LogP contribution in [0.2, 0.25) is 0 Å². The number of carbonyl (C=O) groups is 2. The molecule has 0 aromatic carbocycles. The van der Waals surface area contributed by atoms with Crippen LogP contribution in [0.3, 0.4) is 0 Å². The summed E-state index contributed by atoms with van der Waals surface area (Å²) in [5.74, 6) is -0.211. The highest BCUT2D eigenvalue weighted by atomic mass is 16.2. The average molecular weight is 199 g/mol. The van der Waals surface area contributed by atoms with Crippen molar-refractivity contribution in [3.63, 3.8) is 0 Å². The van der Waals surface area contributed by atoms with E-state index in [0.717, 1.165) is 25.9 Å². The number of hydrogen-bond acceptors (Lipinski definition) is 3. The van der Waals surface area contributed by atoms with Crippen LogP contribution < -0.4 is 11.1 Å². The minimum atomic E-state index is -0.334. The molecular formula is C9H17N3O2. The number of nitrogens with two attached hydrogens (primary N) is 1. The van der Waals surface area contributed by atoms with Crippen molar-refractivity contribution < 1.29 is 9.59 Å². The van der Waals surface area contributed by atoms with Gasteiger partial charge < -0.3 is 16.0 Å². The molecule has 0 saturated carbocycles. The predicted octanol–water partition coefficient (Wildman–Crippen LogP) is -0.928. The lowest BCUT2D eigenvalue weighted by Crippen LogP contribution is -2.46. The van der Waals surface area contributed by atoms with E-state index >= 15 is 0 Å². The van der Waals surface area contributed by atoms with Crippen LogP contribution in [-0.4, -0.2) is 42.4 Å². The lowest BCUT2D eigenvalue weighted by molar-refractivity contribution is -0.130. The van der Waals surface area contributed by atoms with Crippen molar-refractivity contribution in [3.8, 4) is 0 Å². The van der Waals surface area contributed by atoms with Crippen LogP contribution in [0.15, 0.2) is 0 Å². The van der Waals surface area contributed by atoms with Crippen molar-refractivity contribution in [2.75, 3.05) is 19.6 Å². The number of hydrogen-bond donors (Lipinski definition) is 2. The second-order valence-electron chi connectivity index (χ2n) is 3.63. The first-order valence-corrected chi connectivity index (χ1v) is 4.87. The zero-order chi connectivity index (χ0) is 10.6. The zero-order valence-corrected chi connectivity index (χ0v) is 8.45. The molecule has 0 bridgehead atoms. The molecule has 0 spiro atoms. The van der Waals surface area contributed by atoms with E-state index in [1.54, 1.807) is 6.92 Å². The highest BCUT2D eigenvalue weighted by Gasteiger charge is 2.20.